The van der Waals surface area contributed by atoms with E-state index in [0.717, 1.165) is 23.0 Å². The number of para-hydroxylation sites is 2. The molecule has 0 saturated carbocycles. The molecular formula is C72H50O2SSi3. The Labute approximate surface area is 461 Å². The van der Waals surface area contributed by atoms with Crippen molar-refractivity contribution in [3.05, 3.63) is 303 Å². The molecule has 0 radical (unpaired) electrons. The van der Waals surface area contributed by atoms with Crippen molar-refractivity contribution in [1.82, 2.24) is 0 Å². The summed E-state index contributed by atoms with van der Waals surface area (Å²) in [6.45, 7) is 0. The van der Waals surface area contributed by atoms with Crippen LogP contribution in [0.2, 0.25) is 0 Å². The Morgan fingerprint density at radius 3 is 1.08 bits per heavy atom. The van der Waals surface area contributed by atoms with Gasteiger partial charge in [-0.1, -0.05) is 279 Å². The van der Waals surface area contributed by atoms with E-state index in [0.29, 0.717) is 0 Å². The number of hydrogen-bond acceptors (Lipinski definition) is 3. The zero-order valence-electron chi connectivity index (χ0n) is 42.6. The smallest absolute Gasteiger partial charge is 0.188 e. The van der Waals surface area contributed by atoms with Crippen molar-refractivity contribution in [2.75, 3.05) is 0 Å². The molecule has 3 aliphatic rings. The molecular weight excluding hydrogens is 1010 g/mol. The van der Waals surface area contributed by atoms with Crippen molar-refractivity contribution in [2.45, 2.75) is 0 Å². The van der Waals surface area contributed by atoms with E-state index < -0.39 is 24.2 Å². The molecule has 4 heterocycles. The van der Waals surface area contributed by atoms with Crippen LogP contribution in [0.25, 0.3) is 31.3 Å². The van der Waals surface area contributed by atoms with Crippen LogP contribution in [0.15, 0.2) is 303 Å². The summed E-state index contributed by atoms with van der Waals surface area (Å²) < 4.78 is 16.6. The number of thiophene rings is 1. The van der Waals surface area contributed by atoms with Crippen LogP contribution in [0.4, 0.5) is 0 Å². The highest BCUT2D eigenvalue weighted by Gasteiger charge is 2.54. The van der Waals surface area contributed by atoms with E-state index in [2.05, 4.69) is 303 Å². The molecule has 0 aliphatic carbocycles. The SMILES string of the molecule is c1ccc([Si]2(c3ccccc3)c3ccccc3Oc3c2ccc2c3-c3ccccc3[Si]2(c2ccccc2)c2ccccc2)cc1.c1ccc([Si]2(c3ccccc3)c3ccccc3Oc3c2ccc2sc4ccccc4c32)cc1. The molecule has 368 valence electrons. The van der Waals surface area contributed by atoms with Gasteiger partial charge in [0.2, 0.25) is 0 Å². The highest BCUT2D eigenvalue weighted by Crippen LogP contribution is 2.43. The number of benzene rings is 12. The normalized spacial score (nSPS) is 14.4. The lowest BCUT2D eigenvalue weighted by molar-refractivity contribution is 0.489. The Kier molecular flexibility index (Phi) is 11.1. The van der Waals surface area contributed by atoms with Gasteiger partial charge in [-0.3, -0.25) is 0 Å². The fourth-order valence-corrected chi connectivity index (χ4v) is 29.8. The minimum atomic E-state index is -2.75. The topological polar surface area (TPSA) is 18.5 Å². The molecule has 0 bridgehead atoms. The predicted molar refractivity (Wildman–Crippen MR) is 336 cm³/mol. The second kappa shape index (κ2) is 18.7. The van der Waals surface area contributed by atoms with E-state index in [-0.39, 0.29) is 0 Å². The van der Waals surface area contributed by atoms with Crippen LogP contribution in [0, 0.1) is 0 Å². The van der Waals surface area contributed by atoms with E-state index in [1.165, 1.54) is 93.5 Å². The van der Waals surface area contributed by atoms with Crippen molar-refractivity contribution in [1.29, 1.82) is 0 Å². The first-order valence-electron chi connectivity index (χ1n) is 26.8. The van der Waals surface area contributed by atoms with Gasteiger partial charge in [-0.25, -0.2) is 0 Å². The summed E-state index contributed by atoms with van der Waals surface area (Å²) in [5, 5.41) is 18.9. The Bertz CT molecular complexity index is 4260. The van der Waals surface area contributed by atoms with E-state index in [4.69, 9.17) is 9.47 Å². The first-order valence-corrected chi connectivity index (χ1v) is 33.6. The predicted octanol–water partition coefficient (Wildman–Crippen LogP) is 10.1. The third-order valence-corrected chi connectivity index (χ3v) is 32.4. The molecule has 0 saturated heterocycles. The second-order valence-electron chi connectivity index (χ2n) is 20.5. The molecule has 0 amide bonds. The van der Waals surface area contributed by atoms with Crippen LogP contribution in [0.3, 0.4) is 0 Å². The maximum atomic E-state index is 7.20. The van der Waals surface area contributed by atoms with Gasteiger partial charge < -0.3 is 9.47 Å². The number of rotatable bonds is 6. The molecule has 78 heavy (non-hydrogen) atoms. The van der Waals surface area contributed by atoms with Gasteiger partial charge in [0.15, 0.2) is 24.2 Å². The molecule has 13 aromatic rings. The zero-order chi connectivity index (χ0) is 51.7. The summed E-state index contributed by atoms with van der Waals surface area (Å²) in [5.74, 6) is 4.00. The van der Waals surface area contributed by atoms with Crippen LogP contribution >= 0.6 is 11.3 Å². The molecule has 6 heteroatoms. The van der Waals surface area contributed by atoms with Gasteiger partial charge in [-0.2, -0.15) is 0 Å². The average molecular weight is 1060 g/mol. The quantitative estimate of drug-likeness (QED) is 0.155. The Morgan fingerprint density at radius 2 is 0.590 bits per heavy atom. The van der Waals surface area contributed by atoms with E-state index in [1.807, 2.05) is 11.3 Å². The molecule has 12 aromatic carbocycles. The van der Waals surface area contributed by atoms with Gasteiger partial charge in [0.25, 0.3) is 0 Å². The lowest BCUT2D eigenvalue weighted by atomic mass is 10.0. The minimum absolute atomic E-state index is 0.967. The van der Waals surface area contributed by atoms with E-state index in [1.54, 1.807) is 0 Å². The van der Waals surface area contributed by atoms with Gasteiger partial charge in [0.05, 0.1) is 0 Å². The maximum Gasteiger partial charge on any atom is 0.188 e. The molecule has 16 rings (SSSR count). The van der Waals surface area contributed by atoms with Crippen LogP contribution in [0.1, 0.15) is 0 Å². The minimum Gasteiger partial charge on any atom is -0.457 e. The maximum absolute atomic E-state index is 7.20. The lowest BCUT2D eigenvalue weighted by Crippen LogP contribution is -2.76. The van der Waals surface area contributed by atoms with Crippen molar-refractivity contribution >= 4 is 118 Å². The molecule has 1 aromatic heterocycles. The summed E-state index contributed by atoms with van der Waals surface area (Å²) in [6.07, 6.45) is 0. The Balaban J connectivity index is 0.000000142. The van der Waals surface area contributed by atoms with Crippen LogP contribution in [0.5, 0.6) is 23.0 Å². The van der Waals surface area contributed by atoms with Crippen LogP contribution < -0.4 is 71.7 Å². The fraction of sp³-hybridized carbons (Fsp3) is 0. The van der Waals surface area contributed by atoms with Crippen molar-refractivity contribution in [3.63, 3.8) is 0 Å². The summed E-state index contributed by atoms with van der Waals surface area (Å²) >= 11 is 1.84. The Hall–Kier alpha value is -8.89. The Morgan fingerprint density at radius 1 is 0.244 bits per heavy atom. The first kappa shape index (κ1) is 46.4. The highest BCUT2D eigenvalue weighted by atomic mass is 32.1. The molecule has 0 spiro atoms. The average Bonchev–Trinajstić information content (AvgIpc) is 4.05. The third kappa shape index (κ3) is 6.71. The van der Waals surface area contributed by atoms with Crippen molar-refractivity contribution < 1.29 is 9.47 Å². The standard InChI is InChI=1S/C42H30OSi2.C30H20OSSi/c1-5-17-31(18-6-1)44(32-19-7-2-8-20-32)37-27-15-13-25-35(37)41-39(44)29-30-40-42(41)43-36-26-14-16-28-38(36)45(40,33-21-9-3-10-22-33)34-23-11-4-12-24-34;1-3-11-21(12-4-1)33(22-13-5-2-6-14-22)27-18-10-8-16-24(27)31-30-28(33)20-19-26-29(30)23-15-7-9-17-25(23)32-26/h1-30H;1-20H. The monoisotopic (exact) mass is 1060 g/mol. The highest BCUT2D eigenvalue weighted by molar-refractivity contribution is 7.26. The number of hydrogen-bond donors (Lipinski definition) is 0. The number of fused-ring (bicyclic) bond motifs is 12. The first-order chi connectivity index (χ1) is 38.7. The fourth-order valence-electron chi connectivity index (χ4n) is 13.7. The van der Waals surface area contributed by atoms with Gasteiger partial charge >= 0.3 is 0 Å². The van der Waals surface area contributed by atoms with Crippen molar-refractivity contribution in [2.24, 2.45) is 0 Å². The van der Waals surface area contributed by atoms with E-state index in [9.17, 15) is 0 Å². The summed E-state index contributed by atoms with van der Waals surface area (Å²) in [4.78, 5) is 0. The summed E-state index contributed by atoms with van der Waals surface area (Å²) in [5.41, 5.74) is 2.56. The van der Waals surface area contributed by atoms with Gasteiger partial charge in [-0.05, 0) is 92.1 Å². The summed E-state index contributed by atoms with van der Waals surface area (Å²) in [7, 11) is -7.98. The van der Waals surface area contributed by atoms with Crippen molar-refractivity contribution in [3.8, 4) is 34.1 Å². The molecule has 3 aliphatic heterocycles. The third-order valence-electron chi connectivity index (χ3n) is 16.7. The molecule has 0 atom stereocenters. The van der Waals surface area contributed by atoms with Gasteiger partial charge in [-0.15, -0.1) is 11.3 Å². The van der Waals surface area contributed by atoms with Crippen LogP contribution in [-0.2, 0) is 0 Å². The van der Waals surface area contributed by atoms with Gasteiger partial charge in [0, 0.05) is 25.7 Å². The van der Waals surface area contributed by atoms with E-state index >= 15 is 0 Å². The van der Waals surface area contributed by atoms with Gasteiger partial charge in [0.1, 0.15) is 23.0 Å². The molecule has 0 unspecified atom stereocenters. The summed E-state index contributed by atoms with van der Waals surface area (Å²) in [6, 6.07) is 112. The second-order valence-corrected chi connectivity index (χ2v) is 32.7. The largest absolute Gasteiger partial charge is 0.457 e. The molecule has 0 N–H and O–H groups in total. The molecule has 2 nitrogen and oxygen atoms in total. The number of ether oxygens (including phenoxy) is 2. The van der Waals surface area contributed by atoms with Crippen LogP contribution in [-0.4, -0.2) is 24.2 Å². The lowest BCUT2D eigenvalue weighted by Gasteiger charge is -2.40. The molecule has 0 fully saturated rings. The zero-order valence-corrected chi connectivity index (χ0v) is 46.4.